The Labute approximate surface area is 83.3 Å². The summed E-state index contributed by atoms with van der Waals surface area (Å²) in [5.74, 6) is -0.665. The van der Waals surface area contributed by atoms with Crippen LogP contribution in [0, 0.1) is 10.1 Å². The second-order valence-electron chi connectivity index (χ2n) is 2.90. The standard InChI is InChI=1S/C8H6N4O3/c9-8(13)6-4-11-3-5(12(14)15)1-2-7(11)10-6/h1-4H,(H2,9,13). The fraction of sp³-hybridized carbons (Fsp3) is 0. The molecule has 7 heteroatoms. The molecule has 0 aliphatic carbocycles. The topological polar surface area (TPSA) is 104 Å². The van der Waals surface area contributed by atoms with Crippen molar-refractivity contribution in [2.75, 3.05) is 0 Å². The number of nitrogens with two attached hydrogens (primary N) is 1. The van der Waals surface area contributed by atoms with Crippen LogP contribution in [0.4, 0.5) is 5.69 Å². The van der Waals surface area contributed by atoms with Crippen LogP contribution in [0.5, 0.6) is 0 Å². The molecule has 0 bridgehead atoms. The molecular formula is C8H6N4O3. The zero-order chi connectivity index (χ0) is 11.0. The molecule has 7 nitrogen and oxygen atoms in total. The van der Waals surface area contributed by atoms with Crippen LogP contribution in [-0.4, -0.2) is 20.2 Å². The number of primary amides is 1. The van der Waals surface area contributed by atoms with E-state index in [0.717, 1.165) is 0 Å². The fourth-order valence-corrected chi connectivity index (χ4v) is 1.21. The molecule has 2 N–H and O–H groups in total. The highest BCUT2D eigenvalue weighted by Gasteiger charge is 2.10. The summed E-state index contributed by atoms with van der Waals surface area (Å²) >= 11 is 0. The van der Waals surface area contributed by atoms with Crippen molar-refractivity contribution in [3.63, 3.8) is 0 Å². The summed E-state index contributed by atoms with van der Waals surface area (Å²) in [6.45, 7) is 0. The molecule has 76 valence electrons. The Morgan fingerprint density at radius 2 is 2.20 bits per heavy atom. The lowest BCUT2D eigenvalue weighted by molar-refractivity contribution is -0.385. The van der Waals surface area contributed by atoms with Gasteiger partial charge in [0.15, 0.2) is 0 Å². The van der Waals surface area contributed by atoms with Gasteiger partial charge in [-0.05, 0) is 6.07 Å². The molecule has 0 aliphatic heterocycles. The number of fused-ring (bicyclic) bond motifs is 1. The normalized spacial score (nSPS) is 10.4. The number of nitrogens with zero attached hydrogens (tertiary/aromatic N) is 3. The van der Waals surface area contributed by atoms with Crippen LogP contribution in [0.15, 0.2) is 24.5 Å². The second kappa shape index (κ2) is 3.05. The summed E-state index contributed by atoms with van der Waals surface area (Å²) in [6.07, 6.45) is 2.62. The van der Waals surface area contributed by atoms with Gasteiger partial charge in [-0.3, -0.25) is 19.3 Å². The number of aromatic nitrogens is 2. The number of carbonyl (C=O) groups excluding carboxylic acids is 1. The van der Waals surface area contributed by atoms with Crippen LogP contribution in [0.25, 0.3) is 5.65 Å². The summed E-state index contributed by atoms with van der Waals surface area (Å²) in [7, 11) is 0. The van der Waals surface area contributed by atoms with E-state index in [4.69, 9.17) is 5.73 Å². The lowest BCUT2D eigenvalue weighted by Crippen LogP contribution is -2.10. The minimum atomic E-state index is -0.665. The number of amides is 1. The molecule has 0 radical (unpaired) electrons. The molecule has 15 heavy (non-hydrogen) atoms. The molecule has 0 saturated heterocycles. The number of imidazole rings is 1. The van der Waals surface area contributed by atoms with Gasteiger partial charge in [-0.15, -0.1) is 0 Å². The van der Waals surface area contributed by atoms with E-state index < -0.39 is 10.8 Å². The molecule has 2 aromatic heterocycles. The summed E-state index contributed by atoms with van der Waals surface area (Å²) in [4.78, 5) is 24.6. The maximum Gasteiger partial charge on any atom is 0.286 e. The van der Waals surface area contributed by atoms with Crippen LogP contribution in [-0.2, 0) is 0 Å². The molecule has 0 spiro atoms. The van der Waals surface area contributed by atoms with Crippen LogP contribution in [0.1, 0.15) is 10.5 Å². The van der Waals surface area contributed by atoms with Crippen molar-refractivity contribution in [2.45, 2.75) is 0 Å². The van der Waals surface area contributed by atoms with Gasteiger partial charge in [-0.2, -0.15) is 0 Å². The molecule has 0 aromatic carbocycles. The van der Waals surface area contributed by atoms with Gasteiger partial charge in [0.25, 0.3) is 11.6 Å². The minimum Gasteiger partial charge on any atom is -0.364 e. The Bertz CT molecular complexity index is 548. The third kappa shape index (κ3) is 1.50. The van der Waals surface area contributed by atoms with E-state index in [1.54, 1.807) is 0 Å². The second-order valence-corrected chi connectivity index (χ2v) is 2.90. The Morgan fingerprint density at radius 3 is 2.80 bits per heavy atom. The van der Waals surface area contributed by atoms with E-state index in [1.165, 1.54) is 28.9 Å². The maximum absolute atomic E-state index is 10.8. The number of pyridine rings is 1. The van der Waals surface area contributed by atoms with Gasteiger partial charge in [0, 0.05) is 12.3 Å². The van der Waals surface area contributed by atoms with Crippen molar-refractivity contribution < 1.29 is 9.72 Å². The Morgan fingerprint density at radius 1 is 1.47 bits per heavy atom. The zero-order valence-electron chi connectivity index (χ0n) is 7.45. The Hall–Kier alpha value is -2.44. The fourth-order valence-electron chi connectivity index (χ4n) is 1.21. The van der Waals surface area contributed by atoms with Gasteiger partial charge < -0.3 is 5.73 Å². The highest BCUT2D eigenvalue weighted by atomic mass is 16.6. The van der Waals surface area contributed by atoms with E-state index in [-0.39, 0.29) is 11.4 Å². The first-order valence-corrected chi connectivity index (χ1v) is 4.01. The number of nitro groups is 1. The molecule has 2 aromatic rings. The number of carbonyl (C=O) groups is 1. The van der Waals surface area contributed by atoms with E-state index >= 15 is 0 Å². The highest BCUT2D eigenvalue weighted by Crippen LogP contribution is 2.13. The zero-order valence-corrected chi connectivity index (χ0v) is 7.45. The van der Waals surface area contributed by atoms with Crippen LogP contribution < -0.4 is 5.73 Å². The summed E-state index contributed by atoms with van der Waals surface area (Å²) in [6, 6.07) is 2.76. The van der Waals surface area contributed by atoms with Crippen molar-refractivity contribution in [3.8, 4) is 0 Å². The molecule has 2 rings (SSSR count). The number of rotatable bonds is 2. The third-order valence-corrected chi connectivity index (χ3v) is 1.90. The predicted molar refractivity (Wildman–Crippen MR) is 50.4 cm³/mol. The monoisotopic (exact) mass is 206 g/mol. The van der Waals surface area contributed by atoms with Crippen LogP contribution in [0.3, 0.4) is 0 Å². The van der Waals surface area contributed by atoms with Crippen molar-refractivity contribution in [1.29, 1.82) is 0 Å². The lowest BCUT2D eigenvalue weighted by atomic mass is 10.4. The van der Waals surface area contributed by atoms with E-state index in [1.807, 2.05) is 0 Å². The molecule has 0 unspecified atom stereocenters. The maximum atomic E-state index is 10.8. The predicted octanol–water partition coefficient (Wildman–Crippen LogP) is 0.341. The molecule has 1 amide bonds. The summed E-state index contributed by atoms with van der Waals surface area (Å²) < 4.78 is 1.39. The van der Waals surface area contributed by atoms with Gasteiger partial charge in [0.2, 0.25) is 0 Å². The van der Waals surface area contributed by atoms with Gasteiger partial charge in [-0.1, -0.05) is 0 Å². The van der Waals surface area contributed by atoms with Crippen molar-refractivity contribution in [1.82, 2.24) is 9.38 Å². The molecule has 0 saturated carbocycles. The van der Waals surface area contributed by atoms with Crippen molar-refractivity contribution in [2.24, 2.45) is 5.73 Å². The smallest absolute Gasteiger partial charge is 0.286 e. The average Bonchev–Trinajstić information content (AvgIpc) is 2.59. The number of hydrogen-bond acceptors (Lipinski definition) is 4. The highest BCUT2D eigenvalue weighted by molar-refractivity contribution is 5.91. The Kier molecular flexibility index (Phi) is 1.86. The Balaban J connectivity index is 2.62. The van der Waals surface area contributed by atoms with Crippen molar-refractivity contribution >= 4 is 17.2 Å². The molecule has 0 fully saturated rings. The first-order valence-electron chi connectivity index (χ1n) is 4.01. The van der Waals surface area contributed by atoms with E-state index in [0.29, 0.717) is 5.65 Å². The average molecular weight is 206 g/mol. The van der Waals surface area contributed by atoms with Gasteiger partial charge in [0.05, 0.1) is 11.1 Å². The van der Waals surface area contributed by atoms with Crippen LogP contribution >= 0.6 is 0 Å². The van der Waals surface area contributed by atoms with Crippen LogP contribution in [0.2, 0.25) is 0 Å². The summed E-state index contributed by atoms with van der Waals surface area (Å²) in [5, 5.41) is 10.5. The lowest BCUT2D eigenvalue weighted by Gasteiger charge is -1.92. The van der Waals surface area contributed by atoms with E-state index in [9.17, 15) is 14.9 Å². The molecule has 2 heterocycles. The minimum absolute atomic E-state index is 0.0732. The first-order chi connectivity index (χ1) is 7.08. The first kappa shape index (κ1) is 9.13. The van der Waals surface area contributed by atoms with Crippen molar-refractivity contribution in [3.05, 3.63) is 40.3 Å². The quantitative estimate of drug-likeness (QED) is 0.565. The van der Waals surface area contributed by atoms with E-state index in [2.05, 4.69) is 4.98 Å². The molecule has 0 aliphatic rings. The third-order valence-electron chi connectivity index (χ3n) is 1.90. The molecular weight excluding hydrogens is 200 g/mol. The number of hydrogen-bond donors (Lipinski definition) is 1. The summed E-state index contributed by atoms with van der Waals surface area (Å²) in [5.41, 5.74) is 5.47. The molecule has 0 atom stereocenters. The van der Waals surface area contributed by atoms with Gasteiger partial charge >= 0.3 is 0 Å². The van der Waals surface area contributed by atoms with Gasteiger partial charge in [-0.25, -0.2) is 4.98 Å². The van der Waals surface area contributed by atoms with Gasteiger partial charge in [0.1, 0.15) is 11.3 Å². The SMILES string of the molecule is NC(=O)c1cn2cc([N+](=O)[O-])ccc2n1. The largest absolute Gasteiger partial charge is 0.364 e.